The van der Waals surface area contributed by atoms with Crippen molar-refractivity contribution in [2.75, 3.05) is 13.1 Å². The minimum atomic E-state index is 0.574. The van der Waals surface area contributed by atoms with Gasteiger partial charge in [-0.15, -0.1) is 0 Å². The largest absolute Gasteiger partial charge is 0.311 e. The maximum atomic E-state index is 3.79. The quantitative estimate of drug-likeness (QED) is 0.901. The molecule has 0 bridgehead atoms. The normalized spacial score (nSPS) is 28.6. The van der Waals surface area contributed by atoms with Crippen LogP contribution in [0.5, 0.6) is 0 Å². The first-order valence-electron chi connectivity index (χ1n) is 8.28. The number of hydrogen-bond donors (Lipinski definition) is 1. The van der Waals surface area contributed by atoms with Gasteiger partial charge in [-0.1, -0.05) is 50.6 Å². The van der Waals surface area contributed by atoms with Gasteiger partial charge in [-0.3, -0.25) is 4.90 Å². The zero-order valence-corrected chi connectivity index (χ0v) is 12.9. The Labute approximate surface area is 123 Å². The van der Waals surface area contributed by atoms with Gasteiger partial charge in [0.1, 0.15) is 0 Å². The first kappa shape index (κ1) is 14.1. The number of rotatable bonds is 4. The molecule has 2 nitrogen and oxygen atoms in total. The minimum absolute atomic E-state index is 0.574. The van der Waals surface area contributed by atoms with Crippen LogP contribution in [-0.4, -0.2) is 30.1 Å². The average molecular weight is 272 g/mol. The van der Waals surface area contributed by atoms with E-state index in [1.807, 2.05) is 0 Å². The van der Waals surface area contributed by atoms with Crippen molar-refractivity contribution < 1.29 is 0 Å². The van der Waals surface area contributed by atoms with Gasteiger partial charge in [0.25, 0.3) is 0 Å². The molecule has 0 radical (unpaired) electrons. The van der Waals surface area contributed by atoms with Gasteiger partial charge in [0, 0.05) is 31.2 Å². The summed E-state index contributed by atoms with van der Waals surface area (Å²) in [7, 11) is 0. The van der Waals surface area contributed by atoms with Crippen molar-refractivity contribution in [3.63, 3.8) is 0 Å². The van der Waals surface area contributed by atoms with Crippen LogP contribution < -0.4 is 5.32 Å². The summed E-state index contributed by atoms with van der Waals surface area (Å²) < 4.78 is 0. The van der Waals surface area contributed by atoms with Crippen LogP contribution in [0.15, 0.2) is 30.3 Å². The topological polar surface area (TPSA) is 15.3 Å². The Bertz CT molecular complexity index is 411. The van der Waals surface area contributed by atoms with Crippen LogP contribution in [-0.2, 0) is 0 Å². The third kappa shape index (κ3) is 3.07. The molecular formula is C18H28N2. The molecule has 1 N–H and O–H groups in total. The molecule has 1 aromatic carbocycles. The van der Waals surface area contributed by atoms with E-state index in [0.29, 0.717) is 12.1 Å². The van der Waals surface area contributed by atoms with Gasteiger partial charge < -0.3 is 5.32 Å². The molecule has 1 saturated carbocycles. The third-order valence-electron chi connectivity index (χ3n) is 4.92. The highest BCUT2D eigenvalue weighted by Crippen LogP contribution is 2.34. The lowest BCUT2D eigenvalue weighted by Crippen LogP contribution is -2.57. The summed E-state index contributed by atoms with van der Waals surface area (Å²) >= 11 is 0. The fraction of sp³-hybridized carbons (Fsp3) is 0.667. The van der Waals surface area contributed by atoms with Gasteiger partial charge >= 0.3 is 0 Å². The van der Waals surface area contributed by atoms with Crippen molar-refractivity contribution in [3.05, 3.63) is 35.9 Å². The predicted molar refractivity (Wildman–Crippen MR) is 84.8 cm³/mol. The molecule has 3 rings (SSSR count). The molecule has 1 heterocycles. The molecule has 0 amide bonds. The fourth-order valence-electron chi connectivity index (χ4n) is 3.68. The molecule has 2 unspecified atom stereocenters. The van der Waals surface area contributed by atoms with E-state index in [1.165, 1.54) is 37.8 Å². The molecule has 2 atom stereocenters. The molecule has 1 saturated heterocycles. The van der Waals surface area contributed by atoms with Gasteiger partial charge in [0.2, 0.25) is 0 Å². The van der Waals surface area contributed by atoms with Gasteiger partial charge in [-0.2, -0.15) is 0 Å². The lowest BCUT2D eigenvalue weighted by atomic mass is 9.86. The molecular weight excluding hydrogens is 244 g/mol. The summed E-state index contributed by atoms with van der Waals surface area (Å²) in [5.74, 6) is 0.781. The van der Waals surface area contributed by atoms with E-state index in [-0.39, 0.29) is 0 Å². The number of nitrogens with one attached hydrogen (secondary N) is 1. The lowest BCUT2D eigenvalue weighted by molar-refractivity contribution is 0.0376. The highest BCUT2D eigenvalue weighted by atomic mass is 15.3. The molecule has 2 aliphatic rings. The second kappa shape index (κ2) is 6.28. The van der Waals surface area contributed by atoms with Crippen molar-refractivity contribution >= 4 is 0 Å². The molecule has 2 heteroatoms. The van der Waals surface area contributed by atoms with Crippen LogP contribution in [0.3, 0.4) is 0 Å². The van der Waals surface area contributed by atoms with Gasteiger partial charge in [0.05, 0.1) is 0 Å². The molecule has 1 aromatic rings. The number of hydrogen-bond acceptors (Lipinski definition) is 2. The van der Waals surface area contributed by atoms with E-state index in [4.69, 9.17) is 0 Å². The van der Waals surface area contributed by atoms with Crippen LogP contribution in [0.4, 0.5) is 0 Å². The van der Waals surface area contributed by atoms with Crippen molar-refractivity contribution in [1.29, 1.82) is 0 Å². The fourth-order valence-corrected chi connectivity index (χ4v) is 3.68. The monoisotopic (exact) mass is 272 g/mol. The zero-order chi connectivity index (χ0) is 13.9. The first-order valence-corrected chi connectivity index (χ1v) is 8.28. The summed E-state index contributed by atoms with van der Waals surface area (Å²) in [5, 5.41) is 3.79. The number of benzene rings is 1. The van der Waals surface area contributed by atoms with Crippen LogP contribution >= 0.6 is 0 Å². The molecule has 0 aromatic heterocycles. The van der Waals surface area contributed by atoms with E-state index >= 15 is 0 Å². The van der Waals surface area contributed by atoms with Gasteiger partial charge in [-0.25, -0.2) is 0 Å². The van der Waals surface area contributed by atoms with Crippen LogP contribution in [0, 0.1) is 5.92 Å². The predicted octanol–water partition coefficient (Wildman–Crippen LogP) is 3.60. The van der Waals surface area contributed by atoms with Gasteiger partial charge in [0.15, 0.2) is 0 Å². The second-order valence-electron chi connectivity index (χ2n) is 6.94. The Morgan fingerprint density at radius 1 is 1.20 bits per heavy atom. The molecule has 1 aliphatic carbocycles. The maximum Gasteiger partial charge on any atom is 0.0476 e. The van der Waals surface area contributed by atoms with E-state index < -0.39 is 0 Å². The summed E-state index contributed by atoms with van der Waals surface area (Å²) in [6, 6.07) is 13.1. The van der Waals surface area contributed by atoms with Crippen molar-refractivity contribution in [3.8, 4) is 0 Å². The molecule has 20 heavy (non-hydrogen) atoms. The van der Waals surface area contributed by atoms with Gasteiger partial charge in [-0.05, 0) is 30.7 Å². The van der Waals surface area contributed by atoms with E-state index in [2.05, 4.69) is 54.4 Å². The molecule has 1 aliphatic heterocycles. The number of piperazine rings is 1. The van der Waals surface area contributed by atoms with Crippen LogP contribution in [0.1, 0.15) is 51.1 Å². The number of nitrogens with zero attached hydrogens (tertiary/aromatic N) is 1. The standard InChI is InChI=1S/C18H28N2/c1-14(2)11-16-13-20(17-9-6-10-17)18(12-19-16)15-7-4-3-5-8-15/h3-5,7-8,14,16-19H,6,9-13H2,1-2H3. The molecule has 110 valence electrons. The Morgan fingerprint density at radius 2 is 1.95 bits per heavy atom. The molecule has 0 spiro atoms. The van der Waals surface area contributed by atoms with Crippen molar-refractivity contribution in [2.45, 2.75) is 57.7 Å². The zero-order valence-electron chi connectivity index (χ0n) is 12.9. The summed E-state index contributed by atoms with van der Waals surface area (Å²) in [4.78, 5) is 2.79. The Kier molecular flexibility index (Phi) is 4.42. The Hall–Kier alpha value is -0.860. The van der Waals surface area contributed by atoms with E-state index in [9.17, 15) is 0 Å². The van der Waals surface area contributed by atoms with Crippen molar-refractivity contribution in [2.24, 2.45) is 5.92 Å². The first-order chi connectivity index (χ1) is 9.74. The van der Waals surface area contributed by atoms with Crippen LogP contribution in [0.25, 0.3) is 0 Å². The lowest BCUT2D eigenvalue weighted by Gasteiger charge is -2.48. The Morgan fingerprint density at radius 3 is 2.55 bits per heavy atom. The maximum absolute atomic E-state index is 3.79. The smallest absolute Gasteiger partial charge is 0.0476 e. The molecule has 2 fully saturated rings. The highest BCUT2D eigenvalue weighted by Gasteiger charge is 2.36. The van der Waals surface area contributed by atoms with E-state index in [0.717, 1.165) is 18.5 Å². The highest BCUT2D eigenvalue weighted by molar-refractivity contribution is 5.21. The summed E-state index contributed by atoms with van der Waals surface area (Å²) in [5.41, 5.74) is 1.48. The minimum Gasteiger partial charge on any atom is -0.311 e. The summed E-state index contributed by atoms with van der Waals surface area (Å²) in [6.07, 6.45) is 5.52. The van der Waals surface area contributed by atoms with E-state index in [1.54, 1.807) is 0 Å². The SMILES string of the molecule is CC(C)CC1CN(C2CCC2)C(c2ccccc2)CN1. The Balaban J connectivity index is 1.73. The second-order valence-corrected chi connectivity index (χ2v) is 6.94. The third-order valence-corrected chi connectivity index (χ3v) is 4.92. The van der Waals surface area contributed by atoms with Crippen molar-refractivity contribution in [1.82, 2.24) is 10.2 Å². The summed E-state index contributed by atoms with van der Waals surface area (Å²) in [6.45, 7) is 7.00. The average Bonchev–Trinajstić information content (AvgIpc) is 2.37. The van der Waals surface area contributed by atoms with Crippen LogP contribution in [0.2, 0.25) is 0 Å².